The smallest absolute Gasteiger partial charge is 0.321 e. The number of amides is 2. The molecule has 0 saturated carbocycles. The number of rotatable bonds is 4. The van der Waals surface area contributed by atoms with E-state index in [0.29, 0.717) is 10.8 Å². The van der Waals surface area contributed by atoms with E-state index >= 15 is 0 Å². The number of anilines is 1. The molecule has 6 heteroatoms. The van der Waals surface area contributed by atoms with Crippen molar-refractivity contribution in [2.45, 2.75) is 6.92 Å². The first-order valence-electron chi connectivity index (χ1n) is 6.24. The Morgan fingerprint density at radius 3 is 2.62 bits per heavy atom. The summed E-state index contributed by atoms with van der Waals surface area (Å²) in [6.45, 7) is 2.03. The SMILES string of the molecule is Cc1cc(I)ccc1NC(=O)NCOc1ccc(Cl)cc1. The van der Waals surface area contributed by atoms with Gasteiger partial charge >= 0.3 is 6.03 Å². The van der Waals surface area contributed by atoms with E-state index in [-0.39, 0.29) is 12.8 Å². The summed E-state index contributed by atoms with van der Waals surface area (Å²) in [6, 6.07) is 12.4. The van der Waals surface area contributed by atoms with E-state index in [0.717, 1.165) is 14.8 Å². The average Bonchev–Trinajstić information content (AvgIpc) is 2.44. The lowest BCUT2D eigenvalue weighted by Gasteiger charge is -2.11. The van der Waals surface area contributed by atoms with Crippen LogP contribution in [0.5, 0.6) is 5.75 Å². The number of hydrogen-bond acceptors (Lipinski definition) is 2. The maximum absolute atomic E-state index is 11.8. The van der Waals surface area contributed by atoms with E-state index in [1.54, 1.807) is 24.3 Å². The Hall–Kier alpha value is -1.47. The minimum Gasteiger partial charge on any atom is -0.473 e. The fraction of sp³-hybridized carbons (Fsp3) is 0.133. The molecule has 0 atom stereocenters. The molecule has 0 spiro atoms. The maximum atomic E-state index is 11.8. The summed E-state index contributed by atoms with van der Waals surface area (Å²) in [5.74, 6) is 0.644. The molecular weight excluding hydrogens is 403 g/mol. The largest absolute Gasteiger partial charge is 0.473 e. The molecule has 2 aromatic carbocycles. The lowest BCUT2D eigenvalue weighted by molar-refractivity contribution is 0.234. The minimum atomic E-state index is -0.312. The van der Waals surface area contributed by atoms with Gasteiger partial charge in [-0.15, -0.1) is 0 Å². The molecule has 21 heavy (non-hydrogen) atoms. The topological polar surface area (TPSA) is 50.4 Å². The number of carbonyl (C=O) groups excluding carboxylic acids is 1. The van der Waals surface area contributed by atoms with Gasteiger partial charge in [0.05, 0.1) is 0 Å². The monoisotopic (exact) mass is 416 g/mol. The summed E-state index contributed by atoms with van der Waals surface area (Å²) in [7, 11) is 0. The highest BCUT2D eigenvalue weighted by Crippen LogP contribution is 2.17. The van der Waals surface area contributed by atoms with Crippen LogP contribution in [-0.4, -0.2) is 12.8 Å². The first-order chi connectivity index (χ1) is 10.0. The Labute approximate surface area is 142 Å². The van der Waals surface area contributed by atoms with Crippen molar-refractivity contribution >= 4 is 45.9 Å². The predicted octanol–water partition coefficient (Wildman–Crippen LogP) is 4.41. The van der Waals surface area contributed by atoms with Crippen molar-refractivity contribution in [3.8, 4) is 5.75 Å². The molecule has 4 nitrogen and oxygen atoms in total. The van der Waals surface area contributed by atoms with Gasteiger partial charge in [-0.2, -0.15) is 0 Å². The van der Waals surface area contributed by atoms with Crippen molar-refractivity contribution in [2.24, 2.45) is 0 Å². The van der Waals surface area contributed by atoms with Crippen LogP contribution >= 0.6 is 34.2 Å². The van der Waals surface area contributed by atoms with Crippen LogP contribution in [0, 0.1) is 10.5 Å². The van der Waals surface area contributed by atoms with Gasteiger partial charge in [0.1, 0.15) is 5.75 Å². The molecule has 0 fully saturated rings. The van der Waals surface area contributed by atoms with Gasteiger partial charge in [0.15, 0.2) is 6.73 Å². The van der Waals surface area contributed by atoms with Crippen LogP contribution in [0.4, 0.5) is 10.5 Å². The number of aryl methyl sites for hydroxylation is 1. The molecule has 0 aliphatic carbocycles. The third kappa shape index (κ3) is 5.09. The highest BCUT2D eigenvalue weighted by molar-refractivity contribution is 14.1. The number of hydrogen-bond donors (Lipinski definition) is 2. The fourth-order valence-corrected chi connectivity index (χ4v) is 2.42. The van der Waals surface area contributed by atoms with Gasteiger partial charge in [-0.1, -0.05) is 11.6 Å². The Morgan fingerprint density at radius 1 is 1.24 bits per heavy atom. The lowest BCUT2D eigenvalue weighted by Crippen LogP contribution is -2.32. The van der Waals surface area contributed by atoms with E-state index in [4.69, 9.17) is 16.3 Å². The van der Waals surface area contributed by atoms with Gasteiger partial charge in [0, 0.05) is 14.3 Å². The third-order valence-electron chi connectivity index (χ3n) is 2.72. The van der Waals surface area contributed by atoms with Crippen LogP contribution in [0.15, 0.2) is 42.5 Å². The van der Waals surface area contributed by atoms with Crippen molar-refractivity contribution < 1.29 is 9.53 Å². The second-order valence-corrected chi connectivity index (χ2v) is 6.01. The highest BCUT2D eigenvalue weighted by Gasteiger charge is 2.04. The number of carbonyl (C=O) groups is 1. The molecular formula is C15H14ClIN2O2. The highest BCUT2D eigenvalue weighted by atomic mass is 127. The normalized spacial score (nSPS) is 10.0. The van der Waals surface area contributed by atoms with Gasteiger partial charge in [-0.25, -0.2) is 4.79 Å². The van der Waals surface area contributed by atoms with Crippen molar-refractivity contribution in [2.75, 3.05) is 12.0 Å². The molecule has 2 aromatic rings. The summed E-state index contributed by atoms with van der Waals surface area (Å²) in [5, 5.41) is 6.05. The summed E-state index contributed by atoms with van der Waals surface area (Å²) >= 11 is 8.01. The molecule has 110 valence electrons. The second-order valence-electron chi connectivity index (χ2n) is 4.33. The first kappa shape index (κ1) is 15.9. The Bertz CT molecular complexity index is 632. The van der Waals surface area contributed by atoms with Crippen LogP contribution in [0.25, 0.3) is 0 Å². The zero-order valence-corrected chi connectivity index (χ0v) is 14.2. The second kappa shape index (κ2) is 7.51. The summed E-state index contributed by atoms with van der Waals surface area (Å²) < 4.78 is 6.51. The Morgan fingerprint density at radius 2 is 1.95 bits per heavy atom. The summed E-state index contributed by atoms with van der Waals surface area (Å²) in [6.07, 6.45) is 0. The van der Waals surface area contributed by atoms with E-state index in [1.165, 1.54) is 0 Å². The van der Waals surface area contributed by atoms with Crippen LogP contribution in [0.2, 0.25) is 5.02 Å². The van der Waals surface area contributed by atoms with Crippen LogP contribution < -0.4 is 15.4 Å². The van der Waals surface area contributed by atoms with Crippen molar-refractivity contribution in [3.05, 3.63) is 56.6 Å². The fourth-order valence-electron chi connectivity index (χ4n) is 1.65. The molecule has 2 rings (SSSR count). The van der Waals surface area contributed by atoms with Crippen LogP contribution in [0.3, 0.4) is 0 Å². The Balaban J connectivity index is 1.81. The molecule has 2 N–H and O–H groups in total. The van der Waals surface area contributed by atoms with E-state index < -0.39 is 0 Å². The average molecular weight is 417 g/mol. The number of urea groups is 1. The molecule has 0 aliphatic rings. The molecule has 0 aliphatic heterocycles. The van der Waals surface area contributed by atoms with Crippen LogP contribution in [-0.2, 0) is 0 Å². The molecule has 0 unspecified atom stereocenters. The van der Waals surface area contributed by atoms with Crippen molar-refractivity contribution in [1.29, 1.82) is 0 Å². The van der Waals surface area contributed by atoms with Crippen molar-refractivity contribution in [1.82, 2.24) is 5.32 Å². The van der Waals surface area contributed by atoms with Gasteiger partial charge < -0.3 is 15.4 Å². The van der Waals surface area contributed by atoms with Crippen LogP contribution in [0.1, 0.15) is 5.56 Å². The van der Waals surface area contributed by atoms with E-state index in [9.17, 15) is 4.79 Å². The minimum absolute atomic E-state index is 0.0802. The van der Waals surface area contributed by atoms with E-state index in [2.05, 4.69) is 33.2 Å². The van der Waals surface area contributed by atoms with Gasteiger partial charge in [0.2, 0.25) is 0 Å². The molecule has 2 amide bonds. The predicted molar refractivity (Wildman–Crippen MR) is 93.0 cm³/mol. The first-order valence-corrected chi connectivity index (χ1v) is 7.69. The number of nitrogens with one attached hydrogen (secondary N) is 2. The number of benzene rings is 2. The zero-order chi connectivity index (χ0) is 15.2. The standard InChI is InChI=1S/C15H14ClIN2O2/c1-10-8-12(17)4-7-14(10)19-15(20)18-9-21-13-5-2-11(16)3-6-13/h2-8H,9H2,1H3,(H2,18,19,20). The number of ether oxygens (including phenoxy) is 1. The van der Waals surface area contributed by atoms with Crippen molar-refractivity contribution in [3.63, 3.8) is 0 Å². The zero-order valence-electron chi connectivity index (χ0n) is 11.3. The summed E-state index contributed by atoms with van der Waals surface area (Å²) in [4.78, 5) is 11.8. The number of halogens is 2. The molecule has 0 saturated heterocycles. The lowest BCUT2D eigenvalue weighted by atomic mass is 10.2. The van der Waals surface area contributed by atoms with Gasteiger partial charge in [-0.05, 0) is 77.5 Å². The molecule has 0 radical (unpaired) electrons. The third-order valence-corrected chi connectivity index (χ3v) is 3.64. The molecule has 0 aromatic heterocycles. The van der Waals surface area contributed by atoms with Gasteiger partial charge in [0.25, 0.3) is 0 Å². The van der Waals surface area contributed by atoms with Gasteiger partial charge in [-0.3, -0.25) is 0 Å². The van der Waals surface area contributed by atoms with E-state index in [1.807, 2.05) is 25.1 Å². The molecule has 0 heterocycles. The maximum Gasteiger partial charge on any atom is 0.321 e. The quantitative estimate of drug-likeness (QED) is 0.573. The molecule has 0 bridgehead atoms. The Kier molecular flexibility index (Phi) is 5.69. The summed E-state index contributed by atoms with van der Waals surface area (Å²) in [5.41, 5.74) is 1.79.